The summed E-state index contributed by atoms with van der Waals surface area (Å²) in [4.78, 5) is 4.55. The number of benzene rings is 1. The third-order valence-electron chi connectivity index (χ3n) is 1.83. The van der Waals surface area contributed by atoms with Crippen LogP contribution >= 0.6 is 0 Å². The van der Waals surface area contributed by atoms with Crippen LogP contribution in [0.4, 0.5) is 0 Å². The number of allylic oxidation sites excluding steroid dienone is 1. The highest BCUT2D eigenvalue weighted by Gasteiger charge is 2.05. The van der Waals surface area contributed by atoms with E-state index in [0.29, 0.717) is 0 Å². The lowest BCUT2D eigenvalue weighted by Gasteiger charge is -2.12. The molecule has 0 aromatic heterocycles. The van der Waals surface area contributed by atoms with Crippen LogP contribution in [-0.4, -0.2) is 11.3 Å². The summed E-state index contributed by atoms with van der Waals surface area (Å²) < 4.78 is 0. The Balaban J connectivity index is 2.71. The standard InChI is InChI=1S/C14H19N/c1-12(15-14(2,3)4)10-11-13-8-6-5-7-9-13/h5-11H,1-4H3/b11-10+,15-12?. The van der Waals surface area contributed by atoms with Gasteiger partial charge in [-0.15, -0.1) is 0 Å². The molecule has 0 heterocycles. The Labute approximate surface area is 92.6 Å². The fraction of sp³-hybridized carbons (Fsp3) is 0.357. The third kappa shape index (κ3) is 5.16. The first-order valence-corrected chi connectivity index (χ1v) is 5.27. The summed E-state index contributed by atoms with van der Waals surface area (Å²) in [6.07, 6.45) is 4.14. The Kier molecular flexibility index (Phi) is 3.84. The molecule has 0 N–H and O–H groups in total. The number of aliphatic imine (C=N–C) groups is 1. The molecule has 0 fully saturated rings. The van der Waals surface area contributed by atoms with E-state index in [9.17, 15) is 0 Å². The Hall–Kier alpha value is -1.37. The number of rotatable bonds is 2. The van der Waals surface area contributed by atoms with E-state index in [1.54, 1.807) is 0 Å². The van der Waals surface area contributed by atoms with Crippen molar-refractivity contribution in [3.63, 3.8) is 0 Å². The summed E-state index contributed by atoms with van der Waals surface area (Å²) in [5.41, 5.74) is 2.28. The molecule has 0 amide bonds. The Morgan fingerprint density at radius 3 is 2.27 bits per heavy atom. The first-order valence-electron chi connectivity index (χ1n) is 5.27. The molecule has 0 bridgehead atoms. The van der Waals surface area contributed by atoms with E-state index in [4.69, 9.17) is 0 Å². The molecule has 80 valence electrons. The van der Waals surface area contributed by atoms with Crippen molar-refractivity contribution in [3.8, 4) is 0 Å². The highest BCUT2D eigenvalue weighted by molar-refractivity contribution is 5.96. The van der Waals surface area contributed by atoms with E-state index >= 15 is 0 Å². The van der Waals surface area contributed by atoms with Crippen LogP contribution in [0.25, 0.3) is 6.08 Å². The molecule has 1 aromatic carbocycles. The summed E-state index contributed by atoms with van der Waals surface area (Å²) in [6, 6.07) is 10.3. The number of nitrogens with zero attached hydrogens (tertiary/aromatic N) is 1. The predicted molar refractivity (Wildman–Crippen MR) is 68.3 cm³/mol. The zero-order chi connectivity index (χ0) is 11.3. The lowest BCUT2D eigenvalue weighted by atomic mass is 10.1. The van der Waals surface area contributed by atoms with Crippen molar-refractivity contribution < 1.29 is 0 Å². The summed E-state index contributed by atoms with van der Waals surface area (Å²) >= 11 is 0. The molecule has 0 radical (unpaired) electrons. The lowest BCUT2D eigenvalue weighted by Crippen LogP contribution is -2.11. The molecular weight excluding hydrogens is 182 g/mol. The van der Waals surface area contributed by atoms with E-state index in [-0.39, 0.29) is 5.54 Å². The van der Waals surface area contributed by atoms with Crippen LogP contribution in [0, 0.1) is 0 Å². The van der Waals surface area contributed by atoms with Gasteiger partial charge < -0.3 is 0 Å². The number of hydrogen-bond donors (Lipinski definition) is 0. The summed E-state index contributed by atoms with van der Waals surface area (Å²) in [6.45, 7) is 8.34. The van der Waals surface area contributed by atoms with Gasteiger partial charge in [0.2, 0.25) is 0 Å². The normalized spacial score (nSPS) is 13.5. The first kappa shape index (κ1) is 11.7. The average Bonchev–Trinajstić information content (AvgIpc) is 2.14. The van der Waals surface area contributed by atoms with E-state index in [2.05, 4.69) is 50.0 Å². The molecule has 0 saturated heterocycles. The smallest absolute Gasteiger partial charge is 0.0527 e. The molecule has 0 spiro atoms. The molecule has 1 heteroatoms. The van der Waals surface area contributed by atoms with E-state index < -0.39 is 0 Å². The zero-order valence-corrected chi connectivity index (χ0v) is 9.99. The van der Waals surface area contributed by atoms with Crippen LogP contribution < -0.4 is 0 Å². The fourth-order valence-corrected chi connectivity index (χ4v) is 1.35. The largest absolute Gasteiger partial charge is 0.284 e. The highest BCUT2D eigenvalue weighted by Crippen LogP contribution is 2.08. The van der Waals surface area contributed by atoms with Crippen molar-refractivity contribution in [1.82, 2.24) is 0 Å². The molecule has 1 rings (SSSR count). The highest BCUT2D eigenvalue weighted by atomic mass is 14.8. The summed E-state index contributed by atoms with van der Waals surface area (Å²) in [5, 5.41) is 0. The van der Waals surface area contributed by atoms with Crippen LogP contribution in [0.1, 0.15) is 33.3 Å². The monoisotopic (exact) mass is 201 g/mol. The molecule has 0 saturated carbocycles. The maximum absolute atomic E-state index is 4.55. The van der Waals surface area contributed by atoms with Crippen LogP contribution in [0.2, 0.25) is 0 Å². The second-order valence-electron chi connectivity index (χ2n) is 4.67. The molecule has 15 heavy (non-hydrogen) atoms. The van der Waals surface area contributed by atoms with Crippen molar-refractivity contribution in [3.05, 3.63) is 42.0 Å². The minimum absolute atomic E-state index is 0.00507. The zero-order valence-electron chi connectivity index (χ0n) is 9.99. The van der Waals surface area contributed by atoms with E-state index in [0.717, 1.165) is 5.71 Å². The van der Waals surface area contributed by atoms with Gasteiger partial charge in [-0.3, -0.25) is 4.99 Å². The SMILES string of the molecule is CC(/C=C/c1ccccc1)=NC(C)(C)C. The Morgan fingerprint density at radius 1 is 1.13 bits per heavy atom. The van der Waals surface area contributed by atoms with Gasteiger partial charge in [0.05, 0.1) is 5.54 Å². The Morgan fingerprint density at radius 2 is 1.73 bits per heavy atom. The van der Waals surface area contributed by atoms with Crippen molar-refractivity contribution in [2.75, 3.05) is 0 Å². The van der Waals surface area contributed by atoms with Crippen molar-refractivity contribution in [2.45, 2.75) is 33.2 Å². The van der Waals surface area contributed by atoms with Gasteiger partial charge in [0, 0.05) is 5.71 Å². The van der Waals surface area contributed by atoms with Gasteiger partial charge in [0.15, 0.2) is 0 Å². The van der Waals surface area contributed by atoms with Gasteiger partial charge in [-0.1, -0.05) is 36.4 Å². The maximum Gasteiger partial charge on any atom is 0.0527 e. The average molecular weight is 201 g/mol. The van der Waals surface area contributed by atoms with Crippen LogP contribution in [0.15, 0.2) is 41.4 Å². The van der Waals surface area contributed by atoms with Gasteiger partial charge in [-0.2, -0.15) is 0 Å². The minimum Gasteiger partial charge on any atom is -0.284 e. The topological polar surface area (TPSA) is 12.4 Å². The summed E-state index contributed by atoms with van der Waals surface area (Å²) in [7, 11) is 0. The van der Waals surface area contributed by atoms with Crippen molar-refractivity contribution in [1.29, 1.82) is 0 Å². The fourth-order valence-electron chi connectivity index (χ4n) is 1.35. The first-order chi connectivity index (χ1) is 6.97. The number of hydrogen-bond acceptors (Lipinski definition) is 1. The van der Waals surface area contributed by atoms with Crippen LogP contribution in [-0.2, 0) is 0 Å². The van der Waals surface area contributed by atoms with Gasteiger partial charge >= 0.3 is 0 Å². The van der Waals surface area contributed by atoms with Crippen molar-refractivity contribution in [2.24, 2.45) is 4.99 Å². The minimum atomic E-state index is 0.00507. The molecule has 0 unspecified atom stereocenters. The van der Waals surface area contributed by atoms with Gasteiger partial charge in [0.1, 0.15) is 0 Å². The van der Waals surface area contributed by atoms with Crippen molar-refractivity contribution >= 4 is 11.8 Å². The predicted octanol–water partition coefficient (Wildman–Crippen LogP) is 3.96. The second kappa shape index (κ2) is 4.92. The van der Waals surface area contributed by atoms with Gasteiger partial charge in [0.25, 0.3) is 0 Å². The second-order valence-corrected chi connectivity index (χ2v) is 4.67. The molecule has 0 aliphatic carbocycles. The molecular formula is C14H19N. The van der Waals surface area contributed by atoms with Gasteiger partial charge in [-0.05, 0) is 39.3 Å². The van der Waals surface area contributed by atoms with Gasteiger partial charge in [-0.25, -0.2) is 0 Å². The maximum atomic E-state index is 4.55. The molecule has 1 aromatic rings. The molecule has 0 aliphatic heterocycles. The third-order valence-corrected chi connectivity index (χ3v) is 1.83. The summed E-state index contributed by atoms with van der Waals surface area (Å²) in [5.74, 6) is 0. The van der Waals surface area contributed by atoms with Crippen LogP contribution in [0.5, 0.6) is 0 Å². The quantitative estimate of drug-likeness (QED) is 0.642. The Bertz CT molecular complexity index is 353. The molecule has 1 nitrogen and oxygen atoms in total. The van der Waals surface area contributed by atoms with E-state index in [1.807, 2.05) is 25.1 Å². The van der Waals surface area contributed by atoms with Crippen LogP contribution in [0.3, 0.4) is 0 Å². The molecule has 0 aliphatic rings. The van der Waals surface area contributed by atoms with E-state index in [1.165, 1.54) is 5.56 Å². The lowest BCUT2D eigenvalue weighted by molar-refractivity contribution is 0.584. The molecule has 0 atom stereocenters.